The number of fused-ring (bicyclic) bond motifs is 1. The van der Waals surface area contributed by atoms with Crippen molar-refractivity contribution in [3.8, 4) is 0 Å². The van der Waals surface area contributed by atoms with Crippen molar-refractivity contribution in [3.63, 3.8) is 0 Å². The number of hydrogen-bond donors (Lipinski definition) is 0. The Hall–Kier alpha value is -1.81. The van der Waals surface area contributed by atoms with E-state index in [4.69, 9.17) is 11.6 Å². The minimum absolute atomic E-state index is 0.0826. The van der Waals surface area contributed by atoms with Gasteiger partial charge in [-0.05, 0) is 37.1 Å². The van der Waals surface area contributed by atoms with Crippen LogP contribution in [0.3, 0.4) is 0 Å². The third-order valence-corrected chi connectivity index (χ3v) is 4.45. The summed E-state index contributed by atoms with van der Waals surface area (Å²) in [7, 11) is 1.89. The van der Waals surface area contributed by atoms with E-state index in [2.05, 4.69) is 4.98 Å². The molecule has 0 bridgehead atoms. The summed E-state index contributed by atoms with van der Waals surface area (Å²) in [4.78, 5) is 19.0. The Balaban J connectivity index is 1.90. The summed E-state index contributed by atoms with van der Waals surface area (Å²) in [6, 6.07) is 5.99. The van der Waals surface area contributed by atoms with E-state index in [-0.39, 0.29) is 5.91 Å². The second-order valence-electron chi connectivity index (χ2n) is 5.63. The van der Waals surface area contributed by atoms with Crippen LogP contribution in [0.25, 0.3) is 0 Å². The number of hydrogen-bond acceptors (Lipinski definition) is 2. The van der Waals surface area contributed by atoms with Crippen LogP contribution in [0.5, 0.6) is 0 Å². The summed E-state index contributed by atoms with van der Waals surface area (Å²) in [5.74, 6) is 0.0826. The smallest absolute Gasteiger partial charge is 0.254 e. The fourth-order valence-electron chi connectivity index (χ4n) is 2.76. The molecule has 1 aliphatic heterocycles. The maximum absolute atomic E-state index is 12.8. The van der Waals surface area contributed by atoms with Gasteiger partial charge in [0.1, 0.15) is 0 Å². The number of carbonyl (C=O) groups is 1. The Labute approximate surface area is 129 Å². The summed E-state index contributed by atoms with van der Waals surface area (Å²) >= 11 is 6.06. The topological polar surface area (TPSA) is 38.1 Å². The number of imidazole rings is 1. The first-order valence-electron chi connectivity index (χ1n) is 7.04. The highest BCUT2D eigenvalue weighted by Gasteiger charge is 2.26. The minimum Gasteiger partial charge on any atom is -0.332 e. The fourth-order valence-corrected chi connectivity index (χ4v) is 2.97. The number of aryl methyl sites for hydroxylation is 2. The van der Waals surface area contributed by atoms with E-state index >= 15 is 0 Å². The molecule has 1 aromatic carbocycles. The standard InChI is InChI=1S/C16H18ClN3O/c1-10-4-5-11(2)12(8-10)15(21)20-7-6-13-14(9-20)19(3)16(17)18-13/h4-5,8H,6-7,9H2,1-3H3. The van der Waals surface area contributed by atoms with E-state index in [0.717, 1.165) is 34.5 Å². The molecule has 0 unspecified atom stereocenters. The molecule has 110 valence electrons. The van der Waals surface area contributed by atoms with Gasteiger partial charge in [0.25, 0.3) is 5.91 Å². The summed E-state index contributed by atoms with van der Waals surface area (Å²) in [6.07, 6.45) is 0.756. The lowest BCUT2D eigenvalue weighted by atomic mass is 10.0. The highest BCUT2D eigenvalue weighted by Crippen LogP contribution is 2.24. The molecule has 0 saturated carbocycles. The van der Waals surface area contributed by atoms with Crippen LogP contribution in [0.1, 0.15) is 32.9 Å². The normalized spacial score (nSPS) is 14.2. The summed E-state index contributed by atoms with van der Waals surface area (Å²) in [6.45, 7) is 5.23. The first-order valence-corrected chi connectivity index (χ1v) is 7.41. The molecule has 0 atom stereocenters. The molecule has 5 heteroatoms. The predicted octanol–water partition coefficient (Wildman–Crippen LogP) is 2.89. The SMILES string of the molecule is Cc1ccc(C)c(C(=O)N2CCc3nc(Cl)n(C)c3C2)c1. The van der Waals surface area contributed by atoms with Crippen molar-refractivity contribution in [2.75, 3.05) is 6.54 Å². The highest BCUT2D eigenvalue weighted by molar-refractivity contribution is 6.28. The maximum Gasteiger partial charge on any atom is 0.254 e. The molecule has 2 heterocycles. The van der Waals surface area contributed by atoms with Crippen LogP contribution in [0.4, 0.5) is 0 Å². The van der Waals surface area contributed by atoms with Crippen molar-refractivity contribution in [1.82, 2.24) is 14.5 Å². The second kappa shape index (κ2) is 5.19. The first-order chi connectivity index (χ1) is 9.97. The Bertz CT molecular complexity index is 721. The van der Waals surface area contributed by atoms with Crippen molar-refractivity contribution in [1.29, 1.82) is 0 Å². The zero-order valence-electron chi connectivity index (χ0n) is 12.5. The molecule has 3 rings (SSSR count). The molecule has 0 N–H and O–H groups in total. The number of benzene rings is 1. The van der Waals surface area contributed by atoms with Gasteiger partial charge in [0.15, 0.2) is 0 Å². The Morgan fingerprint density at radius 2 is 2.10 bits per heavy atom. The lowest BCUT2D eigenvalue weighted by molar-refractivity contribution is 0.0729. The van der Waals surface area contributed by atoms with E-state index < -0.39 is 0 Å². The molecule has 0 radical (unpaired) electrons. The zero-order valence-corrected chi connectivity index (χ0v) is 13.2. The third kappa shape index (κ3) is 2.44. The molecule has 21 heavy (non-hydrogen) atoms. The van der Waals surface area contributed by atoms with Crippen molar-refractivity contribution >= 4 is 17.5 Å². The van der Waals surface area contributed by atoms with Crippen LogP contribution in [-0.4, -0.2) is 26.9 Å². The van der Waals surface area contributed by atoms with E-state index in [9.17, 15) is 4.79 Å². The Morgan fingerprint density at radius 3 is 2.86 bits per heavy atom. The molecule has 1 aromatic heterocycles. The van der Waals surface area contributed by atoms with Gasteiger partial charge >= 0.3 is 0 Å². The molecular weight excluding hydrogens is 286 g/mol. The van der Waals surface area contributed by atoms with Gasteiger partial charge in [0, 0.05) is 25.6 Å². The number of amides is 1. The monoisotopic (exact) mass is 303 g/mol. The van der Waals surface area contributed by atoms with Gasteiger partial charge in [-0.2, -0.15) is 0 Å². The molecule has 0 fully saturated rings. The number of carbonyl (C=O) groups excluding carboxylic acids is 1. The number of rotatable bonds is 1. The van der Waals surface area contributed by atoms with Crippen LogP contribution in [0.15, 0.2) is 18.2 Å². The average molecular weight is 304 g/mol. The van der Waals surface area contributed by atoms with Crippen LogP contribution >= 0.6 is 11.6 Å². The van der Waals surface area contributed by atoms with E-state index in [1.54, 1.807) is 0 Å². The van der Waals surface area contributed by atoms with Crippen molar-refractivity contribution in [3.05, 3.63) is 51.6 Å². The van der Waals surface area contributed by atoms with Gasteiger partial charge in [-0.25, -0.2) is 4.98 Å². The molecule has 1 aliphatic rings. The predicted molar refractivity (Wildman–Crippen MR) is 82.6 cm³/mol. The van der Waals surface area contributed by atoms with E-state index in [1.807, 2.05) is 48.6 Å². The molecule has 2 aromatic rings. The van der Waals surface area contributed by atoms with Crippen molar-refractivity contribution in [2.45, 2.75) is 26.8 Å². The van der Waals surface area contributed by atoms with Gasteiger partial charge in [0.2, 0.25) is 5.28 Å². The molecule has 0 spiro atoms. The third-order valence-electron chi connectivity index (χ3n) is 4.11. The lowest BCUT2D eigenvalue weighted by Crippen LogP contribution is -2.37. The van der Waals surface area contributed by atoms with Crippen molar-refractivity contribution in [2.24, 2.45) is 7.05 Å². The van der Waals surface area contributed by atoms with Crippen LogP contribution in [0, 0.1) is 13.8 Å². The van der Waals surface area contributed by atoms with Gasteiger partial charge < -0.3 is 9.47 Å². The van der Waals surface area contributed by atoms with Gasteiger partial charge in [-0.15, -0.1) is 0 Å². The highest BCUT2D eigenvalue weighted by atomic mass is 35.5. The number of halogens is 1. The lowest BCUT2D eigenvalue weighted by Gasteiger charge is -2.27. The summed E-state index contributed by atoms with van der Waals surface area (Å²) in [5.41, 5.74) is 4.94. The Kier molecular flexibility index (Phi) is 3.49. The second-order valence-corrected chi connectivity index (χ2v) is 5.97. The van der Waals surface area contributed by atoms with E-state index in [1.165, 1.54) is 0 Å². The number of nitrogens with zero attached hydrogens (tertiary/aromatic N) is 3. The first kappa shape index (κ1) is 14.1. The van der Waals surface area contributed by atoms with Crippen LogP contribution in [-0.2, 0) is 20.0 Å². The van der Waals surface area contributed by atoms with Gasteiger partial charge in [-0.3, -0.25) is 4.79 Å². The molecule has 0 aliphatic carbocycles. The minimum atomic E-state index is 0.0826. The van der Waals surface area contributed by atoms with Crippen LogP contribution < -0.4 is 0 Å². The van der Waals surface area contributed by atoms with Gasteiger partial charge in [0.05, 0.1) is 17.9 Å². The Morgan fingerprint density at radius 1 is 1.33 bits per heavy atom. The largest absolute Gasteiger partial charge is 0.332 e. The fraction of sp³-hybridized carbons (Fsp3) is 0.375. The zero-order chi connectivity index (χ0) is 15.1. The molecule has 1 amide bonds. The quantitative estimate of drug-likeness (QED) is 0.812. The summed E-state index contributed by atoms with van der Waals surface area (Å²) in [5, 5.41) is 0.487. The molecular formula is C16H18ClN3O. The summed E-state index contributed by atoms with van der Waals surface area (Å²) < 4.78 is 1.86. The molecule has 0 saturated heterocycles. The van der Waals surface area contributed by atoms with E-state index in [0.29, 0.717) is 18.4 Å². The van der Waals surface area contributed by atoms with Crippen molar-refractivity contribution < 1.29 is 4.79 Å². The van der Waals surface area contributed by atoms with Crippen LogP contribution in [0.2, 0.25) is 5.28 Å². The van der Waals surface area contributed by atoms with Gasteiger partial charge in [-0.1, -0.05) is 17.7 Å². The number of aromatic nitrogens is 2. The maximum atomic E-state index is 12.8. The molecule has 4 nitrogen and oxygen atoms in total. The average Bonchev–Trinajstić information content (AvgIpc) is 2.76.